The lowest BCUT2D eigenvalue weighted by molar-refractivity contribution is 1.13. The first kappa shape index (κ1) is 8.26. The number of hydrogen-bond acceptors (Lipinski definition) is 3. The van der Waals surface area contributed by atoms with E-state index in [1.807, 2.05) is 24.3 Å². The summed E-state index contributed by atoms with van der Waals surface area (Å²) in [5, 5.41) is 8.36. The molecule has 0 bridgehead atoms. The summed E-state index contributed by atoms with van der Waals surface area (Å²) in [7, 11) is 0. The lowest BCUT2D eigenvalue weighted by Crippen LogP contribution is -2.20. The molecule has 1 aromatic heterocycles. The van der Waals surface area contributed by atoms with Crippen LogP contribution in [0.25, 0.3) is 11.0 Å². The average molecular weight is 185 g/mol. The van der Waals surface area contributed by atoms with Crippen LogP contribution >= 0.6 is 0 Å². The fourth-order valence-electron chi connectivity index (χ4n) is 1.25. The number of rotatable bonds is 0. The molecule has 0 aliphatic carbocycles. The molecule has 5 heteroatoms. The molecule has 0 aliphatic rings. The molecule has 2 N–H and O–H groups in total. The molecule has 1 aromatic carbocycles. The van der Waals surface area contributed by atoms with Gasteiger partial charge in [-0.1, -0.05) is 12.1 Å². The molecule has 0 fully saturated rings. The lowest BCUT2D eigenvalue weighted by atomic mass is 10.3. The second-order valence-corrected chi connectivity index (χ2v) is 2.67. The van der Waals surface area contributed by atoms with Crippen molar-refractivity contribution in [3.63, 3.8) is 0 Å². The van der Waals surface area contributed by atoms with Gasteiger partial charge in [0.1, 0.15) is 6.33 Å². The highest BCUT2D eigenvalue weighted by Gasteiger charge is 2.03. The van der Waals surface area contributed by atoms with Gasteiger partial charge in [0.15, 0.2) is 0 Å². The van der Waals surface area contributed by atoms with Crippen molar-refractivity contribution >= 4 is 17.0 Å². The summed E-state index contributed by atoms with van der Waals surface area (Å²) in [6, 6.07) is 7.49. The van der Waals surface area contributed by atoms with Crippen molar-refractivity contribution in [3.8, 4) is 6.19 Å². The first-order valence-electron chi connectivity index (χ1n) is 3.97. The van der Waals surface area contributed by atoms with Gasteiger partial charge < -0.3 is 5.73 Å². The van der Waals surface area contributed by atoms with Crippen LogP contribution < -0.4 is 5.73 Å². The molecule has 2 aromatic rings. The van der Waals surface area contributed by atoms with Crippen LogP contribution in [-0.2, 0) is 0 Å². The van der Waals surface area contributed by atoms with E-state index in [9.17, 15) is 0 Å². The summed E-state index contributed by atoms with van der Waals surface area (Å²) < 4.78 is 1.57. The van der Waals surface area contributed by atoms with E-state index in [0.29, 0.717) is 0 Å². The molecule has 0 radical (unpaired) electrons. The van der Waals surface area contributed by atoms with Crippen molar-refractivity contribution in [3.05, 3.63) is 30.6 Å². The Kier molecular flexibility index (Phi) is 1.88. The first-order valence-corrected chi connectivity index (χ1v) is 3.97. The van der Waals surface area contributed by atoms with Gasteiger partial charge in [-0.25, -0.2) is 4.98 Å². The van der Waals surface area contributed by atoms with Gasteiger partial charge in [-0.3, -0.25) is 4.57 Å². The summed E-state index contributed by atoms with van der Waals surface area (Å²) in [4.78, 5) is 7.55. The maximum Gasteiger partial charge on any atom is 0.217 e. The number of benzene rings is 1. The van der Waals surface area contributed by atoms with Crippen LogP contribution in [-0.4, -0.2) is 15.5 Å². The molecule has 0 aliphatic heterocycles. The Morgan fingerprint density at radius 3 is 3.07 bits per heavy atom. The van der Waals surface area contributed by atoms with E-state index in [1.165, 1.54) is 0 Å². The Morgan fingerprint density at radius 2 is 2.29 bits per heavy atom. The first-order chi connectivity index (χ1) is 6.83. The quantitative estimate of drug-likeness (QED) is 0.372. The van der Waals surface area contributed by atoms with Gasteiger partial charge in [-0.15, -0.1) is 4.99 Å². The third kappa shape index (κ3) is 1.19. The van der Waals surface area contributed by atoms with E-state index in [0.717, 1.165) is 11.0 Å². The molecule has 68 valence electrons. The zero-order valence-corrected chi connectivity index (χ0v) is 7.25. The predicted molar refractivity (Wildman–Crippen MR) is 52.4 cm³/mol. The number of hydrogen-bond donors (Lipinski definition) is 1. The van der Waals surface area contributed by atoms with Gasteiger partial charge in [-0.05, 0) is 12.1 Å². The van der Waals surface area contributed by atoms with Crippen molar-refractivity contribution in [2.45, 2.75) is 0 Å². The molecule has 0 saturated carbocycles. The fourth-order valence-corrected chi connectivity index (χ4v) is 1.25. The highest BCUT2D eigenvalue weighted by molar-refractivity contribution is 5.91. The minimum Gasteiger partial charge on any atom is -0.368 e. The largest absolute Gasteiger partial charge is 0.368 e. The topological polar surface area (TPSA) is 80.0 Å². The Hall–Kier alpha value is -2.35. The maximum absolute atomic E-state index is 8.36. The summed E-state index contributed by atoms with van der Waals surface area (Å²) in [5.74, 6) is 0.126. The zero-order valence-electron chi connectivity index (χ0n) is 7.25. The predicted octanol–water partition coefficient (Wildman–Crippen LogP) is 0.680. The summed E-state index contributed by atoms with van der Waals surface area (Å²) in [6.07, 6.45) is 3.18. The van der Waals surface area contributed by atoms with E-state index >= 15 is 0 Å². The summed E-state index contributed by atoms with van der Waals surface area (Å²) in [6.45, 7) is 0. The van der Waals surface area contributed by atoms with Crippen LogP contribution in [0.5, 0.6) is 0 Å². The molecule has 1 heterocycles. The molecular formula is C9H7N5. The monoisotopic (exact) mass is 185 g/mol. The molecule has 2 rings (SSSR count). The van der Waals surface area contributed by atoms with Crippen molar-refractivity contribution < 1.29 is 0 Å². The third-order valence-electron chi connectivity index (χ3n) is 1.86. The number of fused-ring (bicyclic) bond motifs is 1. The number of aromatic nitrogens is 2. The average Bonchev–Trinajstić information content (AvgIpc) is 2.61. The van der Waals surface area contributed by atoms with Gasteiger partial charge in [-0.2, -0.15) is 5.26 Å². The summed E-state index contributed by atoms with van der Waals surface area (Å²) in [5.41, 5.74) is 7.23. The number of nitrogens with two attached hydrogens (primary N) is 1. The highest BCUT2D eigenvalue weighted by Crippen LogP contribution is 2.10. The van der Waals surface area contributed by atoms with Crippen molar-refractivity contribution in [1.82, 2.24) is 9.55 Å². The van der Waals surface area contributed by atoms with Crippen LogP contribution in [0.15, 0.2) is 35.6 Å². The van der Waals surface area contributed by atoms with E-state index in [1.54, 1.807) is 17.1 Å². The Bertz CT molecular complexity index is 531. The molecule has 0 unspecified atom stereocenters. The molecule has 5 nitrogen and oxygen atoms in total. The molecular weight excluding hydrogens is 178 g/mol. The Balaban J connectivity index is 2.65. The van der Waals surface area contributed by atoms with Crippen molar-refractivity contribution in [1.29, 1.82) is 5.26 Å². The van der Waals surface area contributed by atoms with Gasteiger partial charge >= 0.3 is 0 Å². The van der Waals surface area contributed by atoms with Crippen LogP contribution in [0.4, 0.5) is 0 Å². The Morgan fingerprint density at radius 1 is 1.50 bits per heavy atom. The molecule has 0 amide bonds. The van der Waals surface area contributed by atoms with Gasteiger partial charge in [0.2, 0.25) is 12.2 Å². The van der Waals surface area contributed by atoms with Crippen LogP contribution in [0.1, 0.15) is 0 Å². The maximum atomic E-state index is 8.36. The second-order valence-electron chi connectivity index (χ2n) is 2.67. The minimum absolute atomic E-state index is 0.126. The van der Waals surface area contributed by atoms with Gasteiger partial charge in [0.05, 0.1) is 11.0 Å². The fraction of sp³-hybridized carbons (Fsp3) is 0. The van der Waals surface area contributed by atoms with Crippen molar-refractivity contribution in [2.24, 2.45) is 10.7 Å². The number of para-hydroxylation sites is 2. The molecule has 14 heavy (non-hydrogen) atoms. The second kappa shape index (κ2) is 3.18. The molecule has 0 saturated heterocycles. The molecule has 0 spiro atoms. The van der Waals surface area contributed by atoms with Gasteiger partial charge in [0, 0.05) is 0 Å². The van der Waals surface area contributed by atoms with Crippen LogP contribution in [0, 0.1) is 11.5 Å². The lowest BCUT2D eigenvalue weighted by Gasteiger charge is -1.98. The number of nitriles is 1. The van der Waals surface area contributed by atoms with Crippen LogP contribution in [0.2, 0.25) is 0 Å². The SMILES string of the molecule is N#CN=C(N)n1cnc2ccccc21. The normalized spacial score (nSPS) is 11.5. The highest BCUT2D eigenvalue weighted by atomic mass is 15.2. The van der Waals surface area contributed by atoms with E-state index < -0.39 is 0 Å². The standard InChI is InChI=1S/C9H7N5/c10-5-12-9(11)14-6-13-7-3-1-2-4-8(7)14/h1-4,6H,(H2,11,12). The zero-order chi connectivity index (χ0) is 9.97. The minimum atomic E-state index is 0.126. The summed E-state index contributed by atoms with van der Waals surface area (Å²) >= 11 is 0. The Labute approximate surface area is 80.1 Å². The number of imidazole rings is 1. The van der Waals surface area contributed by atoms with E-state index in [2.05, 4.69) is 9.98 Å². The van der Waals surface area contributed by atoms with Crippen LogP contribution in [0.3, 0.4) is 0 Å². The smallest absolute Gasteiger partial charge is 0.217 e. The van der Waals surface area contributed by atoms with E-state index in [4.69, 9.17) is 11.0 Å². The molecule has 0 atom stereocenters. The van der Waals surface area contributed by atoms with Crippen molar-refractivity contribution in [2.75, 3.05) is 0 Å². The number of aliphatic imine (C=N–C) groups is 1. The van der Waals surface area contributed by atoms with E-state index in [-0.39, 0.29) is 5.96 Å². The number of nitrogens with zero attached hydrogens (tertiary/aromatic N) is 4. The third-order valence-corrected chi connectivity index (χ3v) is 1.86. The van der Waals surface area contributed by atoms with Gasteiger partial charge in [0.25, 0.3) is 0 Å².